The fourth-order valence-corrected chi connectivity index (χ4v) is 1.44. The minimum absolute atomic E-state index is 0.0101. The Morgan fingerprint density at radius 3 is 2.79 bits per heavy atom. The summed E-state index contributed by atoms with van der Waals surface area (Å²) < 4.78 is 0. The van der Waals surface area contributed by atoms with E-state index in [-0.39, 0.29) is 5.91 Å². The number of hydrogen-bond donors (Lipinski definition) is 0. The molecule has 3 nitrogen and oxygen atoms in total. The Hall–Kier alpha value is -1.30. The van der Waals surface area contributed by atoms with Crippen LogP contribution in [0.1, 0.15) is 25.7 Å². The summed E-state index contributed by atoms with van der Waals surface area (Å²) in [5.41, 5.74) is -0.664. The first-order valence-corrected chi connectivity index (χ1v) is 4.94. The number of carbonyl (C=O) groups excluding carboxylic acids is 1. The molecule has 0 aliphatic heterocycles. The highest BCUT2D eigenvalue weighted by Crippen LogP contribution is 2.46. The second kappa shape index (κ2) is 4.28. The van der Waals surface area contributed by atoms with Crippen LogP contribution in [0, 0.1) is 16.7 Å². The number of allylic oxidation sites excluding steroid dienone is 1. The Kier molecular flexibility index (Phi) is 3.29. The topological polar surface area (TPSA) is 44.1 Å². The number of unbranched alkanes of at least 4 members (excludes halogenated alkanes) is 1. The molecule has 1 aliphatic rings. The van der Waals surface area contributed by atoms with Gasteiger partial charge in [0.15, 0.2) is 0 Å². The molecule has 1 aliphatic carbocycles. The molecule has 1 rings (SSSR count). The zero-order valence-electron chi connectivity index (χ0n) is 8.62. The van der Waals surface area contributed by atoms with Crippen molar-refractivity contribution in [2.75, 3.05) is 13.6 Å². The molecular formula is C11H16N2O. The molecule has 0 N–H and O–H groups in total. The third-order valence-electron chi connectivity index (χ3n) is 2.62. The molecule has 1 fully saturated rings. The summed E-state index contributed by atoms with van der Waals surface area (Å²) in [6, 6.07) is 2.11. The van der Waals surface area contributed by atoms with E-state index in [9.17, 15) is 4.79 Å². The van der Waals surface area contributed by atoms with Gasteiger partial charge in [-0.15, -0.1) is 6.58 Å². The van der Waals surface area contributed by atoms with E-state index < -0.39 is 5.41 Å². The monoisotopic (exact) mass is 192 g/mol. The smallest absolute Gasteiger partial charge is 0.242 e. The van der Waals surface area contributed by atoms with Crippen molar-refractivity contribution in [1.82, 2.24) is 4.90 Å². The quantitative estimate of drug-likeness (QED) is 0.491. The molecule has 0 atom stereocenters. The number of nitrogens with zero attached hydrogens (tertiary/aromatic N) is 2. The van der Waals surface area contributed by atoms with Crippen molar-refractivity contribution >= 4 is 5.91 Å². The predicted molar refractivity (Wildman–Crippen MR) is 54.3 cm³/mol. The maximum atomic E-state index is 11.7. The summed E-state index contributed by atoms with van der Waals surface area (Å²) in [7, 11) is 1.77. The van der Waals surface area contributed by atoms with Gasteiger partial charge in [0.05, 0.1) is 6.07 Å². The van der Waals surface area contributed by atoms with Crippen molar-refractivity contribution in [1.29, 1.82) is 5.26 Å². The number of hydrogen-bond acceptors (Lipinski definition) is 2. The molecule has 0 bridgehead atoms. The number of nitriles is 1. The second-order valence-electron chi connectivity index (χ2n) is 3.85. The van der Waals surface area contributed by atoms with Crippen LogP contribution in [0.2, 0.25) is 0 Å². The lowest BCUT2D eigenvalue weighted by molar-refractivity contribution is -0.133. The summed E-state index contributed by atoms with van der Waals surface area (Å²) in [5.74, 6) is -0.0101. The first kappa shape index (κ1) is 10.8. The van der Waals surface area contributed by atoms with E-state index >= 15 is 0 Å². The van der Waals surface area contributed by atoms with Gasteiger partial charge in [-0.1, -0.05) is 6.08 Å². The summed E-state index contributed by atoms with van der Waals surface area (Å²) in [6.45, 7) is 4.34. The first-order chi connectivity index (χ1) is 6.66. The Bertz CT molecular complexity index is 274. The van der Waals surface area contributed by atoms with Crippen molar-refractivity contribution < 1.29 is 4.79 Å². The van der Waals surface area contributed by atoms with Gasteiger partial charge in [-0.2, -0.15) is 5.26 Å². The van der Waals surface area contributed by atoms with Gasteiger partial charge in [0.1, 0.15) is 5.41 Å². The molecule has 3 heteroatoms. The Morgan fingerprint density at radius 2 is 2.36 bits per heavy atom. The third kappa shape index (κ3) is 2.14. The molecule has 0 aromatic rings. The maximum absolute atomic E-state index is 11.7. The highest BCUT2D eigenvalue weighted by Gasteiger charge is 2.51. The van der Waals surface area contributed by atoms with Crippen molar-refractivity contribution in [3.05, 3.63) is 12.7 Å². The largest absolute Gasteiger partial charge is 0.344 e. The minimum Gasteiger partial charge on any atom is -0.344 e. The zero-order valence-corrected chi connectivity index (χ0v) is 8.62. The molecule has 0 spiro atoms. The van der Waals surface area contributed by atoms with E-state index in [1.54, 1.807) is 11.9 Å². The van der Waals surface area contributed by atoms with Crippen molar-refractivity contribution in [2.24, 2.45) is 5.41 Å². The first-order valence-electron chi connectivity index (χ1n) is 4.94. The van der Waals surface area contributed by atoms with Gasteiger partial charge in [-0.25, -0.2) is 0 Å². The van der Waals surface area contributed by atoms with Crippen LogP contribution >= 0.6 is 0 Å². The molecule has 0 heterocycles. The van der Waals surface area contributed by atoms with Crippen LogP contribution in [0.4, 0.5) is 0 Å². The molecule has 0 unspecified atom stereocenters. The van der Waals surface area contributed by atoms with Gasteiger partial charge < -0.3 is 4.90 Å². The Balaban J connectivity index is 2.38. The van der Waals surface area contributed by atoms with Crippen molar-refractivity contribution in [2.45, 2.75) is 25.7 Å². The van der Waals surface area contributed by atoms with Crippen LogP contribution in [0.15, 0.2) is 12.7 Å². The highest BCUT2D eigenvalue weighted by molar-refractivity contribution is 5.88. The van der Waals surface area contributed by atoms with Gasteiger partial charge in [-0.3, -0.25) is 4.79 Å². The van der Waals surface area contributed by atoms with Crippen LogP contribution in [-0.2, 0) is 4.79 Å². The molecule has 76 valence electrons. The number of amides is 1. The van der Waals surface area contributed by atoms with Gasteiger partial charge in [-0.05, 0) is 25.7 Å². The molecule has 0 saturated heterocycles. The van der Waals surface area contributed by atoms with E-state index in [0.29, 0.717) is 6.54 Å². The van der Waals surface area contributed by atoms with Gasteiger partial charge >= 0.3 is 0 Å². The zero-order chi connectivity index (χ0) is 10.6. The molecule has 0 aromatic heterocycles. The lowest BCUT2D eigenvalue weighted by Gasteiger charge is -2.19. The Labute approximate surface area is 85.0 Å². The lowest BCUT2D eigenvalue weighted by atomic mass is 10.1. The van der Waals surface area contributed by atoms with E-state index in [4.69, 9.17) is 5.26 Å². The standard InChI is InChI=1S/C11H16N2O/c1-3-4-5-8-13(2)10(14)11(9-12)6-7-11/h3H,1,4-8H2,2H3. The summed E-state index contributed by atoms with van der Waals surface area (Å²) in [4.78, 5) is 13.4. The van der Waals surface area contributed by atoms with Crippen LogP contribution in [0.5, 0.6) is 0 Å². The SMILES string of the molecule is C=CCCCN(C)C(=O)C1(C#N)CC1. The minimum atomic E-state index is -0.664. The fourth-order valence-electron chi connectivity index (χ4n) is 1.44. The lowest BCUT2D eigenvalue weighted by Crippen LogP contribution is -2.34. The van der Waals surface area contributed by atoms with E-state index in [1.807, 2.05) is 6.08 Å². The van der Waals surface area contributed by atoms with Crippen LogP contribution in [0.25, 0.3) is 0 Å². The molecule has 14 heavy (non-hydrogen) atoms. The summed E-state index contributed by atoms with van der Waals surface area (Å²) in [5, 5.41) is 8.83. The Morgan fingerprint density at radius 1 is 1.71 bits per heavy atom. The number of carbonyl (C=O) groups is 1. The van der Waals surface area contributed by atoms with Crippen LogP contribution in [0.3, 0.4) is 0 Å². The average Bonchev–Trinajstić information content (AvgIpc) is 2.97. The van der Waals surface area contributed by atoms with Gasteiger partial charge in [0.25, 0.3) is 0 Å². The summed E-state index contributed by atoms with van der Waals surface area (Å²) in [6.07, 6.45) is 5.14. The van der Waals surface area contributed by atoms with Crippen molar-refractivity contribution in [3.63, 3.8) is 0 Å². The van der Waals surface area contributed by atoms with E-state index in [0.717, 1.165) is 25.7 Å². The summed E-state index contributed by atoms with van der Waals surface area (Å²) >= 11 is 0. The van der Waals surface area contributed by atoms with E-state index in [1.165, 1.54) is 0 Å². The van der Waals surface area contributed by atoms with E-state index in [2.05, 4.69) is 12.6 Å². The van der Waals surface area contributed by atoms with Crippen LogP contribution in [-0.4, -0.2) is 24.4 Å². The third-order valence-corrected chi connectivity index (χ3v) is 2.62. The number of rotatable bonds is 5. The fraction of sp³-hybridized carbons (Fsp3) is 0.636. The molecule has 0 aromatic carbocycles. The van der Waals surface area contributed by atoms with Crippen LogP contribution < -0.4 is 0 Å². The molecular weight excluding hydrogens is 176 g/mol. The second-order valence-corrected chi connectivity index (χ2v) is 3.85. The van der Waals surface area contributed by atoms with Crippen molar-refractivity contribution in [3.8, 4) is 6.07 Å². The molecule has 1 amide bonds. The van der Waals surface area contributed by atoms with Gasteiger partial charge in [0, 0.05) is 13.6 Å². The molecule has 0 radical (unpaired) electrons. The average molecular weight is 192 g/mol. The normalized spacial score (nSPS) is 16.9. The molecule has 1 saturated carbocycles. The highest BCUT2D eigenvalue weighted by atomic mass is 16.2. The van der Waals surface area contributed by atoms with Gasteiger partial charge in [0.2, 0.25) is 5.91 Å². The predicted octanol–water partition coefficient (Wildman–Crippen LogP) is 1.71. The maximum Gasteiger partial charge on any atom is 0.242 e.